The number of rotatable bonds is 3. The molecule has 0 radical (unpaired) electrons. The van der Waals surface area contributed by atoms with E-state index >= 15 is 0 Å². The molecule has 0 saturated heterocycles. The van der Waals surface area contributed by atoms with Crippen LogP contribution >= 0.6 is 0 Å². The van der Waals surface area contributed by atoms with Gasteiger partial charge in [-0.05, 0) is 23.8 Å². The summed E-state index contributed by atoms with van der Waals surface area (Å²) in [6, 6.07) is 16.9. The third kappa shape index (κ3) is 2.60. The van der Waals surface area contributed by atoms with E-state index in [1.54, 1.807) is 18.0 Å². The zero-order valence-corrected chi connectivity index (χ0v) is 11.7. The number of fused-ring (bicyclic) bond motifs is 1. The number of benzene rings is 2. The Bertz CT molecular complexity index is 759. The van der Waals surface area contributed by atoms with Gasteiger partial charge in [-0.1, -0.05) is 36.4 Å². The van der Waals surface area contributed by atoms with Gasteiger partial charge >= 0.3 is 0 Å². The first kappa shape index (κ1) is 13.2. The number of nitrogens with two attached hydrogens (primary N) is 1. The maximum Gasteiger partial charge on any atom is 0.289 e. The van der Waals surface area contributed by atoms with Crippen molar-refractivity contribution in [3.63, 3.8) is 0 Å². The molecule has 3 rings (SSSR count). The largest absolute Gasteiger partial charge is 0.451 e. The summed E-state index contributed by atoms with van der Waals surface area (Å²) in [6.07, 6.45) is 0. The number of carbonyl (C=O) groups is 1. The molecule has 0 fully saturated rings. The second kappa shape index (κ2) is 5.32. The Morgan fingerprint density at radius 1 is 1.14 bits per heavy atom. The van der Waals surface area contributed by atoms with E-state index in [1.165, 1.54) is 0 Å². The Morgan fingerprint density at radius 3 is 2.62 bits per heavy atom. The minimum Gasteiger partial charge on any atom is -0.451 e. The summed E-state index contributed by atoms with van der Waals surface area (Å²) in [5, 5.41) is 0.925. The van der Waals surface area contributed by atoms with Crippen LogP contribution in [0.25, 0.3) is 11.0 Å². The second-order valence-corrected chi connectivity index (χ2v) is 5.01. The van der Waals surface area contributed by atoms with Gasteiger partial charge in [0, 0.05) is 24.7 Å². The minimum atomic E-state index is -0.158. The van der Waals surface area contributed by atoms with Gasteiger partial charge in [0.05, 0.1) is 0 Å². The van der Waals surface area contributed by atoms with Gasteiger partial charge in [-0.15, -0.1) is 0 Å². The monoisotopic (exact) mass is 280 g/mol. The Morgan fingerprint density at radius 2 is 1.86 bits per heavy atom. The molecule has 106 valence electrons. The summed E-state index contributed by atoms with van der Waals surface area (Å²) in [6.45, 7) is 0.447. The molecule has 2 aromatic carbocycles. The Labute approximate surface area is 122 Å². The average molecular weight is 280 g/mol. The van der Waals surface area contributed by atoms with Crippen molar-refractivity contribution in [1.29, 1.82) is 0 Å². The van der Waals surface area contributed by atoms with Gasteiger partial charge in [0.15, 0.2) is 5.76 Å². The van der Waals surface area contributed by atoms with Gasteiger partial charge in [-0.2, -0.15) is 0 Å². The number of para-hydroxylation sites is 2. The summed E-state index contributed by atoms with van der Waals surface area (Å²) in [5.41, 5.74) is 8.23. The molecule has 1 aromatic heterocycles. The van der Waals surface area contributed by atoms with E-state index in [4.69, 9.17) is 10.2 Å². The average Bonchev–Trinajstić information content (AvgIpc) is 2.92. The van der Waals surface area contributed by atoms with Gasteiger partial charge in [0.1, 0.15) is 5.58 Å². The van der Waals surface area contributed by atoms with Gasteiger partial charge in [0.2, 0.25) is 0 Å². The minimum absolute atomic E-state index is 0.158. The van der Waals surface area contributed by atoms with Gasteiger partial charge in [-0.25, -0.2) is 0 Å². The van der Waals surface area contributed by atoms with Gasteiger partial charge < -0.3 is 15.1 Å². The fraction of sp³-hybridized carbons (Fsp3) is 0.118. The molecule has 0 aliphatic carbocycles. The van der Waals surface area contributed by atoms with Crippen LogP contribution < -0.4 is 5.73 Å². The highest BCUT2D eigenvalue weighted by Gasteiger charge is 2.17. The number of hydrogen-bond acceptors (Lipinski definition) is 3. The number of nitrogen functional groups attached to an aromatic ring is 1. The van der Waals surface area contributed by atoms with E-state index in [1.807, 2.05) is 48.5 Å². The smallest absolute Gasteiger partial charge is 0.289 e. The molecule has 0 bridgehead atoms. The Kier molecular flexibility index (Phi) is 3.36. The van der Waals surface area contributed by atoms with Crippen molar-refractivity contribution in [2.24, 2.45) is 0 Å². The molecular formula is C17H16N2O2. The van der Waals surface area contributed by atoms with Crippen molar-refractivity contribution < 1.29 is 9.21 Å². The molecule has 1 amide bonds. The third-order valence-corrected chi connectivity index (χ3v) is 3.45. The zero-order valence-electron chi connectivity index (χ0n) is 11.7. The highest BCUT2D eigenvalue weighted by Crippen LogP contribution is 2.21. The molecule has 1 heterocycles. The predicted octanol–water partition coefficient (Wildman–Crippen LogP) is 3.29. The van der Waals surface area contributed by atoms with Gasteiger partial charge in [-0.3, -0.25) is 4.79 Å². The number of anilines is 1. The standard InChI is InChI=1S/C17H16N2O2/c1-19(11-13-7-2-4-8-14(13)18)17(20)16-10-12-6-3-5-9-15(12)21-16/h2-10H,11,18H2,1H3. The van der Waals surface area contributed by atoms with E-state index in [0.29, 0.717) is 23.6 Å². The van der Waals surface area contributed by atoms with Gasteiger partial charge in [0.25, 0.3) is 5.91 Å². The summed E-state index contributed by atoms with van der Waals surface area (Å²) < 4.78 is 5.60. The summed E-state index contributed by atoms with van der Waals surface area (Å²) >= 11 is 0. The van der Waals surface area contributed by atoms with Crippen LogP contribution in [0.4, 0.5) is 5.69 Å². The van der Waals surface area contributed by atoms with Crippen molar-refractivity contribution in [2.75, 3.05) is 12.8 Å². The molecule has 21 heavy (non-hydrogen) atoms. The topological polar surface area (TPSA) is 59.5 Å². The molecule has 0 unspecified atom stereocenters. The van der Waals surface area contributed by atoms with E-state index < -0.39 is 0 Å². The van der Waals surface area contributed by atoms with Crippen molar-refractivity contribution in [1.82, 2.24) is 4.90 Å². The first-order valence-corrected chi connectivity index (χ1v) is 6.72. The lowest BCUT2D eigenvalue weighted by Gasteiger charge is -2.16. The van der Waals surface area contributed by atoms with Crippen LogP contribution in [0.2, 0.25) is 0 Å². The van der Waals surface area contributed by atoms with Crippen LogP contribution in [0.5, 0.6) is 0 Å². The number of furan rings is 1. The van der Waals surface area contributed by atoms with E-state index in [9.17, 15) is 4.79 Å². The van der Waals surface area contributed by atoms with Crippen molar-refractivity contribution in [3.05, 3.63) is 65.9 Å². The molecule has 0 atom stereocenters. The van der Waals surface area contributed by atoms with Crippen molar-refractivity contribution >= 4 is 22.6 Å². The lowest BCUT2D eigenvalue weighted by atomic mass is 10.1. The third-order valence-electron chi connectivity index (χ3n) is 3.45. The molecule has 4 heteroatoms. The first-order valence-electron chi connectivity index (χ1n) is 6.72. The second-order valence-electron chi connectivity index (χ2n) is 5.01. The molecular weight excluding hydrogens is 264 g/mol. The molecule has 4 nitrogen and oxygen atoms in total. The molecule has 2 N–H and O–H groups in total. The Balaban J connectivity index is 1.82. The normalized spacial score (nSPS) is 10.7. The predicted molar refractivity (Wildman–Crippen MR) is 82.9 cm³/mol. The lowest BCUT2D eigenvalue weighted by Crippen LogP contribution is -2.26. The quantitative estimate of drug-likeness (QED) is 0.749. The fourth-order valence-electron chi connectivity index (χ4n) is 2.28. The maximum absolute atomic E-state index is 12.4. The lowest BCUT2D eigenvalue weighted by molar-refractivity contribution is 0.0756. The van der Waals surface area contributed by atoms with E-state index in [2.05, 4.69) is 0 Å². The Hall–Kier alpha value is -2.75. The zero-order chi connectivity index (χ0) is 14.8. The molecule has 0 spiro atoms. The van der Waals surface area contributed by atoms with E-state index in [-0.39, 0.29) is 5.91 Å². The summed E-state index contributed by atoms with van der Waals surface area (Å²) in [7, 11) is 1.74. The molecule has 0 saturated carbocycles. The van der Waals surface area contributed by atoms with Crippen molar-refractivity contribution in [2.45, 2.75) is 6.54 Å². The fourth-order valence-corrected chi connectivity index (χ4v) is 2.28. The number of nitrogens with zero attached hydrogens (tertiary/aromatic N) is 1. The highest BCUT2D eigenvalue weighted by molar-refractivity contribution is 5.96. The van der Waals surface area contributed by atoms with Crippen LogP contribution in [0, 0.1) is 0 Å². The summed E-state index contributed by atoms with van der Waals surface area (Å²) in [4.78, 5) is 14.0. The van der Waals surface area contributed by atoms with E-state index in [0.717, 1.165) is 10.9 Å². The number of carbonyl (C=O) groups excluding carboxylic acids is 1. The maximum atomic E-state index is 12.4. The SMILES string of the molecule is CN(Cc1ccccc1N)C(=O)c1cc2ccccc2o1. The van der Waals surface area contributed by atoms with Crippen molar-refractivity contribution in [3.8, 4) is 0 Å². The van der Waals surface area contributed by atoms with Crippen LogP contribution in [-0.4, -0.2) is 17.9 Å². The highest BCUT2D eigenvalue weighted by atomic mass is 16.3. The molecule has 0 aliphatic rings. The molecule has 3 aromatic rings. The van der Waals surface area contributed by atoms with Crippen LogP contribution in [0.1, 0.15) is 16.1 Å². The van der Waals surface area contributed by atoms with Crippen LogP contribution in [-0.2, 0) is 6.54 Å². The molecule has 0 aliphatic heterocycles. The summed E-state index contributed by atoms with van der Waals surface area (Å²) in [5.74, 6) is 0.183. The van der Waals surface area contributed by atoms with Crippen LogP contribution in [0.3, 0.4) is 0 Å². The number of hydrogen-bond donors (Lipinski definition) is 1. The number of amides is 1. The van der Waals surface area contributed by atoms with Crippen LogP contribution in [0.15, 0.2) is 59.0 Å². The first-order chi connectivity index (χ1) is 10.1.